The van der Waals surface area contributed by atoms with Crippen molar-refractivity contribution in [2.45, 2.75) is 0 Å². The van der Waals surface area contributed by atoms with Gasteiger partial charge in [0.05, 0.1) is 11.6 Å². The quantitative estimate of drug-likeness (QED) is 0.250. The van der Waals surface area contributed by atoms with Gasteiger partial charge in [-0.2, -0.15) is 0 Å². The van der Waals surface area contributed by atoms with Crippen molar-refractivity contribution in [1.29, 1.82) is 0 Å². The Morgan fingerprint density at radius 2 is 1.28 bits per heavy atom. The molecule has 3 heterocycles. The Morgan fingerprint density at radius 1 is 0.688 bits per heavy atom. The van der Waals surface area contributed by atoms with Gasteiger partial charge in [-0.15, -0.1) is 60.2 Å². The molecule has 0 aliphatic carbocycles. The van der Waals surface area contributed by atoms with Crippen molar-refractivity contribution in [3.05, 3.63) is 104 Å². The summed E-state index contributed by atoms with van der Waals surface area (Å²) in [5, 5.41) is 0. The van der Waals surface area contributed by atoms with Crippen LogP contribution in [0.2, 0.25) is 0 Å². The van der Waals surface area contributed by atoms with Gasteiger partial charge in [0.25, 0.3) is 0 Å². The molecule has 5 aromatic rings. The summed E-state index contributed by atoms with van der Waals surface area (Å²) < 4.78 is 3.96. The number of aromatic nitrogens is 5. The van der Waals surface area contributed by atoms with Crippen molar-refractivity contribution in [2.75, 3.05) is 0 Å². The van der Waals surface area contributed by atoms with Crippen LogP contribution < -0.4 is 0 Å². The Morgan fingerprint density at radius 3 is 1.75 bits per heavy atom. The Balaban J connectivity index is 0.000000180. The van der Waals surface area contributed by atoms with Gasteiger partial charge in [0, 0.05) is 45.1 Å². The van der Waals surface area contributed by atoms with E-state index < -0.39 is 0 Å². The molecule has 0 saturated carbocycles. The maximum Gasteiger partial charge on any atom is 0.0160 e. The molecule has 32 heavy (non-hydrogen) atoms. The molecule has 5 rings (SSSR count). The van der Waals surface area contributed by atoms with Gasteiger partial charge < -0.3 is 14.1 Å². The van der Waals surface area contributed by atoms with Crippen LogP contribution in [0.15, 0.2) is 91.6 Å². The molecule has 3 aromatic heterocycles. The monoisotopic (exact) mass is 619 g/mol. The van der Waals surface area contributed by atoms with Gasteiger partial charge in [0.2, 0.25) is 0 Å². The van der Waals surface area contributed by atoms with Gasteiger partial charge in [-0.05, 0) is 11.8 Å². The van der Waals surface area contributed by atoms with Crippen molar-refractivity contribution < 1.29 is 17.9 Å². The average molecular weight is 619 g/mol. The van der Waals surface area contributed by atoms with Crippen LogP contribution in [0.5, 0.6) is 0 Å². The van der Waals surface area contributed by atoms with Crippen molar-refractivity contribution >= 4 is 9.58 Å². The van der Waals surface area contributed by atoms with E-state index in [4.69, 9.17) is 0 Å². The van der Waals surface area contributed by atoms with E-state index >= 15 is 0 Å². The number of hydrogen-bond acceptors (Lipinski definition) is 3. The van der Waals surface area contributed by atoms with Crippen LogP contribution in [0.4, 0.5) is 0 Å². The van der Waals surface area contributed by atoms with Crippen LogP contribution >= 0.6 is 9.58 Å². The maximum absolute atomic E-state index is 4.64. The second kappa shape index (κ2) is 12.1. The Bertz CT molecular complexity index is 1130. The number of benzene rings is 2. The van der Waals surface area contributed by atoms with Gasteiger partial charge in [0.1, 0.15) is 0 Å². The summed E-state index contributed by atoms with van der Waals surface area (Å²) >= 11 is 1.47. The van der Waals surface area contributed by atoms with Crippen LogP contribution in [0.3, 0.4) is 0 Å². The second-order valence-electron chi connectivity index (χ2n) is 6.69. The number of hydrogen-bond donors (Lipinski definition) is 0. The predicted molar refractivity (Wildman–Crippen MR) is 124 cm³/mol. The third-order valence-electron chi connectivity index (χ3n) is 4.57. The minimum absolute atomic E-state index is 0.908. The minimum Gasteiger partial charge on any atom is -0.305 e. The first-order valence-corrected chi connectivity index (χ1v) is 12.7. The Labute approximate surface area is 202 Å². The topological polar surface area (TPSA) is 48.5 Å². The van der Waals surface area contributed by atoms with E-state index in [9.17, 15) is 0 Å². The van der Waals surface area contributed by atoms with Crippen molar-refractivity contribution in [2.24, 2.45) is 14.1 Å². The molecular weight excluding hydrogens is 598 g/mol. The van der Waals surface area contributed by atoms with Gasteiger partial charge in [-0.25, -0.2) is 0 Å². The molecule has 0 N–H and O–H groups in total. The zero-order valence-corrected chi connectivity index (χ0v) is 20.8. The summed E-state index contributed by atoms with van der Waals surface area (Å²) in [5.74, 6) is 1.82. The summed E-state index contributed by atoms with van der Waals surface area (Å²) in [7, 11) is 8.59. The number of imidazole rings is 2. The summed E-state index contributed by atoms with van der Waals surface area (Å²) in [5.41, 5.74) is 3.96. The van der Waals surface area contributed by atoms with Crippen LogP contribution in [0.25, 0.3) is 34.0 Å². The summed E-state index contributed by atoms with van der Waals surface area (Å²) in [4.78, 5) is 12.9. The first kappa shape index (κ1) is 23.6. The van der Waals surface area contributed by atoms with Gasteiger partial charge in [0.15, 0.2) is 0 Å². The SMILES string of the molecule is Cn1ccnc1-c1[c-]c(-c2nccn2C)ccc1.[Cl][Ir+2].[c-]1ccccc1-c1ccccn1. The number of aryl methyl sites for hydroxylation is 2. The fourth-order valence-corrected chi connectivity index (χ4v) is 3.05. The normalized spacial score (nSPS) is 9.88. The number of halogens is 1. The molecule has 0 aliphatic rings. The van der Waals surface area contributed by atoms with Crippen molar-refractivity contribution in [3.63, 3.8) is 0 Å². The molecule has 0 bridgehead atoms. The smallest absolute Gasteiger partial charge is 0.0160 e. The first-order chi connectivity index (χ1) is 15.7. The fraction of sp³-hybridized carbons (Fsp3) is 0.0800. The second-order valence-corrected chi connectivity index (χ2v) is 6.69. The fourth-order valence-electron chi connectivity index (χ4n) is 3.05. The molecule has 0 aliphatic heterocycles. The van der Waals surface area contributed by atoms with E-state index in [1.54, 1.807) is 18.6 Å². The number of rotatable bonds is 3. The summed E-state index contributed by atoms with van der Waals surface area (Å²) in [6, 6.07) is 26.2. The standard InChI is InChI=1S/C14H13N4.C11H8N.ClH.Ir/c1-17-8-6-15-13(17)11-4-3-5-12(10-11)14-16-7-9-18(14)2;1-2-6-10(7-3-1)11-8-4-5-9-12-11;;/h3-9H,1-2H3;1-6,8-9H;1H;/q2*-1;;+3/p-1. The summed E-state index contributed by atoms with van der Waals surface area (Å²) in [6.07, 6.45) is 9.22. The van der Waals surface area contributed by atoms with E-state index in [2.05, 4.69) is 36.7 Å². The molecule has 0 amide bonds. The van der Waals surface area contributed by atoms with Crippen LogP contribution in [0.1, 0.15) is 0 Å². The van der Waals surface area contributed by atoms with E-state index in [1.165, 1.54) is 17.9 Å². The van der Waals surface area contributed by atoms with E-state index in [0.717, 1.165) is 34.0 Å². The summed E-state index contributed by atoms with van der Waals surface area (Å²) in [6.45, 7) is 0. The van der Waals surface area contributed by atoms with Gasteiger partial charge in [-0.1, -0.05) is 23.3 Å². The van der Waals surface area contributed by atoms with Gasteiger partial charge >= 0.3 is 27.5 Å². The van der Waals surface area contributed by atoms with E-state index in [1.807, 2.05) is 96.3 Å². The molecule has 2 aromatic carbocycles. The third-order valence-corrected chi connectivity index (χ3v) is 4.57. The largest absolute Gasteiger partial charge is 0.305 e. The Hall–Kier alpha value is -3.05. The first-order valence-electron chi connectivity index (χ1n) is 9.71. The molecule has 0 saturated heterocycles. The molecule has 0 unspecified atom stereocenters. The van der Waals surface area contributed by atoms with Crippen LogP contribution in [0, 0.1) is 12.1 Å². The molecular formula is C25H21ClIrN5. The molecule has 0 spiro atoms. The third kappa shape index (κ3) is 6.01. The van der Waals surface area contributed by atoms with E-state index in [-0.39, 0.29) is 0 Å². The molecule has 7 heteroatoms. The number of pyridine rings is 1. The van der Waals surface area contributed by atoms with Crippen LogP contribution in [-0.2, 0) is 32.0 Å². The van der Waals surface area contributed by atoms with Crippen LogP contribution in [-0.4, -0.2) is 24.1 Å². The average Bonchev–Trinajstić information content (AvgIpc) is 3.50. The van der Waals surface area contributed by atoms with Crippen molar-refractivity contribution in [1.82, 2.24) is 24.1 Å². The van der Waals surface area contributed by atoms with Crippen molar-refractivity contribution in [3.8, 4) is 34.0 Å². The molecule has 0 radical (unpaired) electrons. The zero-order chi connectivity index (χ0) is 22.8. The Kier molecular flexibility index (Phi) is 8.93. The van der Waals surface area contributed by atoms with E-state index in [0.29, 0.717) is 0 Å². The molecule has 0 atom stereocenters. The zero-order valence-electron chi connectivity index (χ0n) is 17.6. The van der Waals surface area contributed by atoms with Gasteiger partial charge in [-0.3, -0.25) is 9.97 Å². The number of nitrogens with zero attached hydrogens (tertiary/aromatic N) is 5. The molecule has 0 fully saturated rings. The molecule has 162 valence electrons. The maximum atomic E-state index is 4.64. The minimum atomic E-state index is 0.908. The molecule has 5 nitrogen and oxygen atoms in total. The predicted octanol–water partition coefficient (Wildman–Crippen LogP) is 5.52.